The lowest BCUT2D eigenvalue weighted by Crippen LogP contribution is -1.91. The molecule has 90 valence electrons. The molecule has 0 radical (unpaired) electrons. The maximum absolute atomic E-state index is 9.07. The summed E-state index contributed by atoms with van der Waals surface area (Å²) in [6, 6.07) is 11.1. The van der Waals surface area contributed by atoms with Crippen molar-refractivity contribution in [1.82, 2.24) is 4.98 Å². The van der Waals surface area contributed by atoms with Crippen LogP contribution in [-0.4, -0.2) is 4.98 Å². The molecule has 2 aromatic rings. The second-order valence-electron chi connectivity index (χ2n) is 3.81. The van der Waals surface area contributed by atoms with E-state index in [0.29, 0.717) is 22.9 Å². The number of benzene rings is 1. The predicted molar refractivity (Wildman–Crippen MR) is 69.8 cm³/mol. The Kier molecular flexibility index (Phi) is 3.81. The Morgan fingerprint density at radius 1 is 1.33 bits per heavy atom. The van der Waals surface area contributed by atoms with E-state index >= 15 is 0 Å². The largest absolute Gasteiger partial charge is 0.454 e. The summed E-state index contributed by atoms with van der Waals surface area (Å²) in [4.78, 5) is 4.14. The average molecular weight is 259 g/mol. The molecule has 0 N–H and O–H groups in total. The lowest BCUT2D eigenvalue weighted by atomic mass is 10.1. The van der Waals surface area contributed by atoms with E-state index in [4.69, 9.17) is 21.6 Å². The van der Waals surface area contributed by atoms with Gasteiger partial charge in [-0.1, -0.05) is 6.07 Å². The van der Waals surface area contributed by atoms with Gasteiger partial charge in [0.1, 0.15) is 17.6 Å². The number of rotatable bonds is 3. The molecular weight excluding hydrogens is 248 g/mol. The number of hydrogen-bond acceptors (Lipinski definition) is 3. The molecule has 0 amide bonds. The van der Waals surface area contributed by atoms with Crippen molar-refractivity contribution < 1.29 is 4.74 Å². The van der Waals surface area contributed by atoms with Crippen LogP contribution >= 0.6 is 11.6 Å². The van der Waals surface area contributed by atoms with E-state index in [9.17, 15) is 0 Å². The summed E-state index contributed by atoms with van der Waals surface area (Å²) >= 11 is 5.73. The number of halogens is 1. The molecule has 1 heterocycles. The highest BCUT2D eigenvalue weighted by molar-refractivity contribution is 6.17. The molecule has 0 aliphatic rings. The van der Waals surface area contributed by atoms with Gasteiger partial charge in [0.25, 0.3) is 0 Å². The fourth-order valence-corrected chi connectivity index (χ4v) is 1.64. The molecule has 18 heavy (non-hydrogen) atoms. The van der Waals surface area contributed by atoms with Crippen LogP contribution in [0, 0.1) is 18.3 Å². The second kappa shape index (κ2) is 5.52. The summed E-state index contributed by atoms with van der Waals surface area (Å²) in [6.07, 6.45) is 1.63. The summed E-state index contributed by atoms with van der Waals surface area (Å²) in [6.45, 7) is 1.90. The molecular formula is C14H11ClN2O. The molecule has 3 nitrogen and oxygen atoms in total. The number of aryl methyl sites for hydroxylation is 1. The van der Waals surface area contributed by atoms with Crippen LogP contribution in [0.25, 0.3) is 0 Å². The standard InChI is InChI=1S/C14H11ClN2O/c1-10-2-4-13(9-17-10)18-14-5-3-11(7-15)6-12(14)8-16/h2-6,9H,7H2,1H3. The minimum Gasteiger partial charge on any atom is -0.454 e. The fraction of sp³-hybridized carbons (Fsp3) is 0.143. The van der Waals surface area contributed by atoms with E-state index in [1.165, 1.54) is 0 Å². The number of pyridine rings is 1. The van der Waals surface area contributed by atoms with Gasteiger partial charge in [0.15, 0.2) is 0 Å². The molecule has 0 saturated heterocycles. The molecule has 1 aromatic carbocycles. The first-order valence-corrected chi connectivity index (χ1v) is 5.96. The first-order valence-electron chi connectivity index (χ1n) is 5.42. The average Bonchev–Trinajstić information content (AvgIpc) is 2.41. The molecule has 0 bridgehead atoms. The Morgan fingerprint density at radius 3 is 2.78 bits per heavy atom. The van der Waals surface area contributed by atoms with Crippen molar-refractivity contribution in [3.05, 3.63) is 53.3 Å². The van der Waals surface area contributed by atoms with Crippen LogP contribution in [0.4, 0.5) is 0 Å². The summed E-state index contributed by atoms with van der Waals surface area (Å²) in [7, 11) is 0. The third kappa shape index (κ3) is 2.79. The van der Waals surface area contributed by atoms with Gasteiger partial charge in [0, 0.05) is 11.6 Å². The van der Waals surface area contributed by atoms with Gasteiger partial charge >= 0.3 is 0 Å². The van der Waals surface area contributed by atoms with Gasteiger partial charge in [-0.05, 0) is 36.8 Å². The first kappa shape index (κ1) is 12.4. The smallest absolute Gasteiger partial charge is 0.145 e. The van der Waals surface area contributed by atoms with Crippen molar-refractivity contribution in [3.8, 4) is 17.6 Å². The third-order valence-electron chi connectivity index (χ3n) is 2.43. The van der Waals surface area contributed by atoms with Gasteiger partial charge < -0.3 is 4.74 Å². The second-order valence-corrected chi connectivity index (χ2v) is 4.08. The molecule has 0 atom stereocenters. The SMILES string of the molecule is Cc1ccc(Oc2ccc(CCl)cc2C#N)cn1. The minimum absolute atomic E-state index is 0.376. The Labute approximate surface area is 111 Å². The highest BCUT2D eigenvalue weighted by atomic mass is 35.5. The van der Waals surface area contributed by atoms with Crippen molar-refractivity contribution in [3.63, 3.8) is 0 Å². The molecule has 2 rings (SSSR count). The monoisotopic (exact) mass is 258 g/mol. The van der Waals surface area contributed by atoms with E-state index in [2.05, 4.69) is 11.1 Å². The number of nitrogens with zero attached hydrogens (tertiary/aromatic N) is 2. The van der Waals surface area contributed by atoms with Crippen molar-refractivity contribution in [1.29, 1.82) is 5.26 Å². The Hall–Kier alpha value is -2.05. The topological polar surface area (TPSA) is 45.9 Å². The molecule has 0 saturated carbocycles. The zero-order chi connectivity index (χ0) is 13.0. The van der Waals surface area contributed by atoms with E-state index in [0.717, 1.165) is 11.3 Å². The van der Waals surface area contributed by atoms with Crippen LogP contribution in [-0.2, 0) is 5.88 Å². The van der Waals surface area contributed by atoms with Gasteiger partial charge in [-0.2, -0.15) is 5.26 Å². The van der Waals surface area contributed by atoms with E-state index in [1.807, 2.05) is 25.1 Å². The van der Waals surface area contributed by atoms with Crippen LogP contribution in [0.5, 0.6) is 11.5 Å². The maximum atomic E-state index is 9.07. The Morgan fingerprint density at radius 2 is 2.17 bits per heavy atom. The Bertz CT molecular complexity index is 588. The minimum atomic E-state index is 0.376. The normalized spacial score (nSPS) is 9.83. The highest BCUT2D eigenvalue weighted by Gasteiger charge is 2.06. The highest BCUT2D eigenvalue weighted by Crippen LogP contribution is 2.25. The maximum Gasteiger partial charge on any atom is 0.145 e. The van der Waals surface area contributed by atoms with Gasteiger partial charge in [-0.25, -0.2) is 0 Å². The van der Waals surface area contributed by atoms with Gasteiger partial charge in [0.05, 0.1) is 11.8 Å². The van der Waals surface area contributed by atoms with E-state index in [-0.39, 0.29) is 0 Å². The lowest BCUT2D eigenvalue weighted by Gasteiger charge is -2.08. The molecule has 0 aliphatic carbocycles. The summed E-state index contributed by atoms with van der Waals surface area (Å²) in [5, 5.41) is 9.07. The quantitative estimate of drug-likeness (QED) is 0.787. The van der Waals surface area contributed by atoms with Crippen LogP contribution in [0.1, 0.15) is 16.8 Å². The fourth-order valence-electron chi connectivity index (χ4n) is 1.48. The van der Waals surface area contributed by atoms with E-state index in [1.54, 1.807) is 18.3 Å². The molecule has 0 fully saturated rings. The number of alkyl halides is 1. The van der Waals surface area contributed by atoms with Gasteiger partial charge in [-0.3, -0.25) is 4.98 Å². The first-order chi connectivity index (χ1) is 8.72. The Balaban J connectivity index is 2.29. The number of nitriles is 1. The molecule has 0 unspecified atom stereocenters. The van der Waals surface area contributed by atoms with Gasteiger partial charge in [0.2, 0.25) is 0 Å². The number of ether oxygens (including phenoxy) is 1. The predicted octanol–water partition coefficient (Wildman–Crippen LogP) is 3.79. The van der Waals surface area contributed by atoms with Crippen LogP contribution < -0.4 is 4.74 Å². The third-order valence-corrected chi connectivity index (χ3v) is 2.74. The zero-order valence-electron chi connectivity index (χ0n) is 9.85. The molecule has 1 aromatic heterocycles. The van der Waals surface area contributed by atoms with Crippen molar-refractivity contribution in [2.75, 3.05) is 0 Å². The summed E-state index contributed by atoms with van der Waals surface area (Å²) in [5.41, 5.74) is 2.27. The molecule has 4 heteroatoms. The van der Waals surface area contributed by atoms with Crippen LogP contribution in [0.2, 0.25) is 0 Å². The van der Waals surface area contributed by atoms with Crippen molar-refractivity contribution in [2.45, 2.75) is 12.8 Å². The molecule has 0 aliphatic heterocycles. The van der Waals surface area contributed by atoms with E-state index < -0.39 is 0 Å². The molecule has 0 spiro atoms. The zero-order valence-corrected chi connectivity index (χ0v) is 10.6. The lowest BCUT2D eigenvalue weighted by molar-refractivity contribution is 0.478. The summed E-state index contributed by atoms with van der Waals surface area (Å²) < 4.78 is 5.63. The van der Waals surface area contributed by atoms with Crippen molar-refractivity contribution in [2.24, 2.45) is 0 Å². The number of aromatic nitrogens is 1. The number of hydrogen-bond donors (Lipinski definition) is 0. The van der Waals surface area contributed by atoms with Gasteiger partial charge in [-0.15, -0.1) is 11.6 Å². The van der Waals surface area contributed by atoms with Crippen molar-refractivity contribution >= 4 is 11.6 Å². The van der Waals surface area contributed by atoms with Crippen LogP contribution in [0.15, 0.2) is 36.5 Å². The summed E-state index contributed by atoms with van der Waals surface area (Å²) in [5.74, 6) is 1.49. The van der Waals surface area contributed by atoms with Crippen LogP contribution in [0.3, 0.4) is 0 Å².